The van der Waals surface area contributed by atoms with E-state index >= 15 is 0 Å². The van der Waals surface area contributed by atoms with Gasteiger partial charge in [-0.1, -0.05) is 6.07 Å². The van der Waals surface area contributed by atoms with Gasteiger partial charge in [-0.3, -0.25) is 9.78 Å². The van der Waals surface area contributed by atoms with Crippen LogP contribution < -0.4 is 5.32 Å². The van der Waals surface area contributed by atoms with E-state index in [1.165, 1.54) is 4.52 Å². The van der Waals surface area contributed by atoms with E-state index in [1.807, 2.05) is 18.2 Å². The molecule has 122 valence electrons. The number of hydrogen-bond acceptors (Lipinski definition) is 6. The van der Waals surface area contributed by atoms with Crippen molar-refractivity contribution in [3.63, 3.8) is 0 Å². The molecule has 1 aliphatic carbocycles. The smallest absolute Gasteiger partial charge is 0.252 e. The number of rotatable bonds is 4. The maximum Gasteiger partial charge on any atom is 0.252 e. The Morgan fingerprint density at radius 1 is 1.33 bits per heavy atom. The summed E-state index contributed by atoms with van der Waals surface area (Å²) in [5.41, 5.74) is 1.79. The van der Waals surface area contributed by atoms with Crippen LogP contribution in [0.15, 0.2) is 42.7 Å². The van der Waals surface area contributed by atoms with Gasteiger partial charge in [0.1, 0.15) is 0 Å². The molecule has 1 fully saturated rings. The van der Waals surface area contributed by atoms with Crippen LogP contribution in [0.25, 0.3) is 5.65 Å². The van der Waals surface area contributed by atoms with Crippen molar-refractivity contribution in [1.29, 1.82) is 0 Å². The molecule has 2 N–H and O–H groups in total. The van der Waals surface area contributed by atoms with Crippen molar-refractivity contribution in [2.24, 2.45) is 5.92 Å². The zero-order valence-electron chi connectivity index (χ0n) is 12.8. The largest absolute Gasteiger partial charge is 0.393 e. The second-order valence-electron chi connectivity index (χ2n) is 5.99. The molecule has 24 heavy (non-hydrogen) atoms. The fraction of sp³-hybridized carbons (Fsp3) is 0.312. The molecule has 8 nitrogen and oxygen atoms in total. The highest BCUT2D eigenvalue weighted by molar-refractivity contribution is 5.95. The second kappa shape index (κ2) is 5.97. The molecule has 0 aromatic carbocycles. The van der Waals surface area contributed by atoms with E-state index in [1.54, 1.807) is 24.5 Å². The van der Waals surface area contributed by atoms with E-state index in [9.17, 15) is 9.90 Å². The minimum atomic E-state index is -0.295. The molecular formula is C16H16N6O2. The summed E-state index contributed by atoms with van der Waals surface area (Å²) in [5, 5.41) is 23.8. The third kappa shape index (κ3) is 2.71. The monoisotopic (exact) mass is 324 g/mol. The molecule has 3 aromatic heterocycles. The molecule has 0 aliphatic heterocycles. The zero-order chi connectivity index (χ0) is 16.5. The molecule has 1 saturated carbocycles. The van der Waals surface area contributed by atoms with Crippen molar-refractivity contribution in [2.45, 2.75) is 25.0 Å². The van der Waals surface area contributed by atoms with Crippen LogP contribution in [0, 0.1) is 5.92 Å². The third-order valence-electron chi connectivity index (χ3n) is 4.37. The van der Waals surface area contributed by atoms with Gasteiger partial charge >= 0.3 is 0 Å². The second-order valence-corrected chi connectivity index (χ2v) is 5.99. The lowest BCUT2D eigenvalue weighted by molar-refractivity contribution is 0.0228. The highest BCUT2D eigenvalue weighted by Gasteiger charge is 2.36. The first-order valence-electron chi connectivity index (χ1n) is 7.78. The van der Waals surface area contributed by atoms with Gasteiger partial charge in [-0.2, -0.15) is 0 Å². The number of carbonyl (C=O) groups is 1. The first kappa shape index (κ1) is 14.7. The molecule has 1 atom stereocenters. The Hall–Kier alpha value is -2.87. The number of nitrogens with one attached hydrogen (secondary N) is 1. The van der Waals surface area contributed by atoms with Gasteiger partial charge in [0.05, 0.1) is 17.8 Å². The number of aromatic nitrogens is 5. The molecule has 0 saturated heterocycles. The van der Waals surface area contributed by atoms with Crippen molar-refractivity contribution < 1.29 is 9.90 Å². The predicted octanol–water partition coefficient (Wildman–Crippen LogP) is 0.761. The lowest BCUT2D eigenvalue weighted by Gasteiger charge is -2.37. The molecule has 0 radical (unpaired) electrons. The zero-order valence-corrected chi connectivity index (χ0v) is 12.8. The molecular weight excluding hydrogens is 308 g/mol. The molecule has 1 unspecified atom stereocenters. The Balaban J connectivity index is 1.58. The summed E-state index contributed by atoms with van der Waals surface area (Å²) in [6.45, 7) is 0. The van der Waals surface area contributed by atoms with Crippen LogP contribution in [0.5, 0.6) is 0 Å². The summed E-state index contributed by atoms with van der Waals surface area (Å²) < 4.78 is 1.50. The van der Waals surface area contributed by atoms with Crippen molar-refractivity contribution in [1.82, 2.24) is 30.3 Å². The number of aliphatic hydroxyl groups is 1. The van der Waals surface area contributed by atoms with Gasteiger partial charge in [0, 0.05) is 18.0 Å². The normalized spacial score (nSPS) is 21.2. The van der Waals surface area contributed by atoms with Crippen molar-refractivity contribution in [2.75, 3.05) is 0 Å². The van der Waals surface area contributed by atoms with Crippen molar-refractivity contribution in [3.8, 4) is 0 Å². The Labute approximate surface area is 137 Å². The number of amides is 1. The molecule has 1 aliphatic rings. The van der Waals surface area contributed by atoms with Gasteiger partial charge in [0.15, 0.2) is 5.65 Å². The van der Waals surface area contributed by atoms with Gasteiger partial charge in [-0.15, -0.1) is 5.10 Å². The average Bonchev–Trinajstić information content (AvgIpc) is 3.05. The highest BCUT2D eigenvalue weighted by atomic mass is 16.3. The first-order valence-corrected chi connectivity index (χ1v) is 7.78. The van der Waals surface area contributed by atoms with Crippen LogP contribution in [-0.4, -0.2) is 42.1 Å². The van der Waals surface area contributed by atoms with Gasteiger partial charge in [0.2, 0.25) is 0 Å². The molecule has 1 amide bonds. The number of aliphatic hydroxyl groups excluding tert-OH is 1. The fourth-order valence-electron chi connectivity index (χ4n) is 3.00. The van der Waals surface area contributed by atoms with E-state index in [2.05, 4.69) is 25.8 Å². The van der Waals surface area contributed by atoms with Crippen LogP contribution in [0.4, 0.5) is 0 Å². The number of pyridine rings is 2. The lowest BCUT2D eigenvalue weighted by Crippen LogP contribution is -2.41. The Bertz CT molecular complexity index is 859. The summed E-state index contributed by atoms with van der Waals surface area (Å²) in [6, 6.07) is 8.70. The van der Waals surface area contributed by atoms with Gasteiger partial charge in [-0.05, 0) is 53.5 Å². The standard InChI is InChI=1S/C16H16N6O2/c23-12-7-11(8-12)15(13-3-1-2-5-17-13)18-16(24)10-4-6-22-14(9-10)19-20-21-22/h1-6,9,11-12,15,23H,7-8H2,(H,18,24). The maximum atomic E-state index is 12.6. The van der Waals surface area contributed by atoms with Crippen molar-refractivity contribution in [3.05, 3.63) is 54.0 Å². The number of fused-ring (bicyclic) bond motifs is 1. The summed E-state index contributed by atoms with van der Waals surface area (Å²) >= 11 is 0. The maximum absolute atomic E-state index is 12.6. The number of hydrogen-bond donors (Lipinski definition) is 2. The Morgan fingerprint density at radius 2 is 2.21 bits per heavy atom. The molecule has 0 bridgehead atoms. The summed E-state index contributed by atoms with van der Waals surface area (Å²) in [4.78, 5) is 17.0. The molecule has 8 heteroatoms. The minimum absolute atomic E-state index is 0.178. The van der Waals surface area contributed by atoms with Gasteiger partial charge < -0.3 is 10.4 Å². The predicted molar refractivity (Wildman–Crippen MR) is 84.0 cm³/mol. The van der Waals surface area contributed by atoms with E-state index in [-0.39, 0.29) is 24.0 Å². The molecule has 0 spiro atoms. The number of nitrogens with zero attached hydrogens (tertiary/aromatic N) is 5. The molecule has 3 aromatic rings. The number of carbonyl (C=O) groups excluding carboxylic acids is 1. The Morgan fingerprint density at radius 3 is 2.96 bits per heavy atom. The van der Waals surface area contributed by atoms with Crippen LogP contribution in [0.3, 0.4) is 0 Å². The van der Waals surface area contributed by atoms with Crippen LogP contribution in [-0.2, 0) is 0 Å². The van der Waals surface area contributed by atoms with Crippen LogP contribution in [0.1, 0.15) is 34.9 Å². The van der Waals surface area contributed by atoms with E-state index in [0.717, 1.165) is 5.69 Å². The topological polar surface area (TPSA) is 105 Å². The van der Waals surface area contributed by atoms with Gasteiger partial charge in [-0.25, -0.2) is 4.52 Å². The van der Waals surface area contributed by atoms with Crippen LogP contribution in [0.2, 0.25) is 0 Å². The first-order chi connectivity index (χ1) is 11.7. The highest BCUT2D eigenvalue weighted by Crippen LogP contribution is 2.37. The summed E-state index contributed by atoms with van der Waals surface area (Å²) in [6.07, 6.45) is 4.38. The molecule has 4 rings (SSSR count). The summed E-state index contributed by atoms with van der Waals surface area (Å²) in [5.74, 6) is -0.0325. The summed E-state index contributed by atoms with van der Waals surface area (Å²) in [7, 11) is 0. The quantitative estimate of drug-likeness (QED) is 0.734. The van der Waals surface area contributed by atoms with Crippen molar-refractivity contribution >= 4 is 11.6 Å². The van der Waals surface area contributed by atoms with Gasteiger partial charge in [0.25, 0.3) is 5.91 Å². The van der Waals surface area contributed by atoms with E-state index in [4.69, 9.17) is 0 Å². The SMILES string of the molecule is O=C(NC(c1ccccn1)C1CC(O)C1)c1ccn2nnnc2c1. The average molecular weight is 324 g/mol. The van der Waals surface area contributed by atoms with Crippen LogP contribution >= 0.6 is 0 Å². The van der Waals surface area contributed by atoms with E-state index in [0.29, 0.717) is 24.1 Å². The fourth-order valence-corrected chi connectivity index (χ4v) is 3.00. The molecule has 3 heterocycles. The third-order valence-corrected chi connectivity index (χ3v) is 4.37. The lowest BCUT2D eigenvalue weighted by atomic mass is 9.76. The minimum Gasteiger partial charge on any atom is -0.393 e. The Kier molecular flexibility index (Phi) is 3.66. The van der Waals surface area contributed by atoms with E-state index < -0.39 is 0 Å². The number of tetrazole rings is 1.